The van der Waals surface area contributed by atoms with E-state index in [0.717, 1.165) is 29.2 Å². The Morgan fingerprint density at radius 2 is 1.84 bits per heavy atom. The standard InChI is InChI=1S/C25H19FN2O3/c1-3-15-5-7-16(8-6-15)22-21-23(29)18-12-17(26)9-10-19(18)31-24(21)25(30)28(22)20-11-4-14(2)13-27-20/h4-13,22H,3H2,1-2H3. The fraction of sp³-hybridized carbons (Fsp3) is 0.160. The Bertz CT molecular complexity index is 1380. The normalized spacial score (nSPS) is 15.5. The average Bonchev–Trinajstić information content (AvgIpc) is 3.07. The van der Waals surface area contributed by atoms with E-state index in [1.807, 2.05) is 37.3 Å². The minimum atomic E-state index is -0.715. The molecule has 2 aromatic carbocycles. The molecule has 1 aliphatic heterocycles. The van der Waals surface area contributed by atoms with E-state index in [-0.39, 0.29) is 22.3 Å². The first-order chi connectivity index (χ1) is 15.0. The predicted octanol–water partition coefficient (Wildman–Crippen LogP) is 4.95. The van der Waals surface area contributed by atoms with Crippen LogP contribution in [0.3, 0.4) is 0 Å². The van der Waals surface area contributed by atoms with Gasteiger partial charge in [-0.3, -0.25) is 14.5 Å². The summed E-state index contributed by atoms with van der Waals surface area (Å²) < 4.78 is 19.7. The molecule has 1 amide bonds. The summed E-state index contributed by atoms with van der Waals surface area (Å²) >= 11 is 0. The lowest BCUT2D eigenvalue weighted by Crippen LogP contribution is -2.30. The number of carbonyl (C=O) groups is 1. The summed E-state index contributed by atoms with van der Waals surface area (Å²) in [7, 11) is 0. The maximum absolute atomic E-state index is 13.9. The number of aryl methyl sites for hydroxylation is 2. The third-order valence-electron chi connectivity index (χ3n) is 5.68. The number of amides is 1. The summed E-state index contributed by atoms with van der Waals surface area (Å²) in [6, 6.07) is 14.4. The third kappa shape index (κ3) is 3.03. The zero-order valence-electron chi connectivity index (χ0n) is 17.1. The summed E-state index contributed by atoms with van der Waals surface area (Å²) in [5.74, 6) is -0.596. The van der Waals surface area contributed by atoms with Gasteiger partial charge in [-0.25, -0.2) is 9.37 Å². The first-order valence-corrected chi connectivity index (χ1v) is 10.1. The summed E-state index contributed by atoms with van der Waals surface area (Å²) in [6.45, 7) is 3.96. The molecule has 0 saturated carbocycles. The van der Waals surface area contributed by atoms with E-state index in [2.05, 4.69) is 11.9 Å². The number of aromatic nitrogens is 1. The van der Waals surface area contributed by atoms with Crippen molar-refractivity contribution in [2.75, 3.05) is 4.90 Å². The van der Waals surface area contributed by atoms with Gasteiger partial charge in [0.25, 0.3) is 5.91 Å². The topological polar surface area (TPSA) is 63.4 Å². The van der Waals surface area contributed by atoms with Gasteiger partial charge < -0.3 is 4.42 Å². The van der Waals surface area contributed by atoms with Gasteiger partial charge in [0.1, 0.15) is 17.2 Å². The number of hydrogen-bond donors (Lipinski definition) is 0. The van der Waals surface area contributed by atoms with Crippen molar-refractivity contribution in [1.29, 1.82) is 0 Å². The second-order valence-electron chi connectivity index (χ2n) is 7.68. The zero-order chi connectivity index (χ0) is 21.7. The maximum Gasteiger partial charge on any atom is 0.296 e. The predicted molar refractivity (Wildman–Crippen MR) is 116 cm³/mol. The molecule has 0 aliphatic carbocycles. The van der Waals surface area contributed by atoms with E-state index in [4.69, 9.17) is 4.42 Å². The summed E-state index contributed by atoms with van der Waals surface area (Å²) in [6.07, 6.45) is 2.54. The molecule has 31 heavy (non-hydrogen) atoms. The van der Waals surface area contributed by atoms with Crippen LogP contribution in [0.1, 0.15) is 45.8 Å². The zero-order valence-corrected chi connectivity index (χ0v) is 17.1. The summed E-state index contributed by atoms with van der Waals surface area (Å²) in [5, 5.41) is 0.112. The van der Waals surface area contributed by atoms with Crippen LogP contribution >= 0.6 is 0 Å². The van der Waals surface area contributed by atoms with Crippen molar-refractivity contribution < 1.29 is 13.6 Å². The minimum absolute atomic E-state index is 0.0314. The lowest BCUT2D eigenvalue weighted by Gasteiger charge is -2.24. The monoisotopic (exact) mass is 414 g/mol. The van der Waals surface area contributed by atoms with Crippen LogP contribution in [0.15, 0.2) is 70.0 Å². The minimum Gasteiger partial charge on any atom is -0.450 e. The van der Waals surface area contributed by atoms with Crippen molar-refractivity contribution in [3.8, 4) is 0 Å². The molecule has 1 aliphatic rings. The van der Waals surface area contributed by atoms with Gasteiger partial charge in [-0.05, 0) is 54.3 Å². The van der Waals surface area contributed by atoms with Gasteiger partial charge in [0.2, 0.25) is 5.76 Å². The second-order valence-corrected chi connectivity index (χ2v) is 7.68. The summed E-state index contributed by atoms with van der Waals surface area (Å²) in [5.41, 5.74) is 2.82. The quantitative estimate of drug-likeness (QED) is 0.476. The Hall–Kier alpha value is -3.80. The number of rotatable bonds is 3. The van der Waals surface area contributed by atoms with Gasteiger partial charge in [0.05, 0.1) is 17.0 Å². The molecule has 0 fully saturated rings. The molecule has 1 atom stereocenters. The number of anilines is 1. The highest BCUT2D eigenvalue weighted by Gasteiger charge is 2.44. The van der Waals surface area contributed by atoms with Crippen molar-refractivity contribution in [2.45, 2.75) is 26.3 Å². The van der Waals surface area contributed by atoms with Crippen LogP contribution in [-0.2, 0) is 6.42 Å². The molecule has 0 radical (unpaired) electrons. The highest BCUT2D eigenvalue weighted by Crippen LogP contribution is 2.40. The van der Waals surface area contributed by atoms with Crippen molar-refractivity contribution in [3.63, 3.8) is 0 Å². The first kappa shape index (κ1) is 19.2. The first-order valence-electron chi connectivity index (χ1n) is 10.1. The number of fused-ring (bicyclic) bond motifs is 2. The lowest BCUT2D eigenvalue weighted by molar-refractivity contribution is 0.0970. The SMILES string of the molecule is CCc1ccc(C2c3c(oc4ccc(F)cc4c3=O)C(=O)N2c2ccc(C)cn2)cc1. The van der Waals surface area contributed by atoms with Crippen molar-refractivity contribution in [3.05, 3.63) is 105 Å². The molecule has 1 unspecified atom stereocenters. The van der Waals surface area contributed by atoms with Crippen LogP contribution in [0, 0.1) is 12.7 Å². The van der Waals surface area contributed by atoms with E-state index >= 15 is 0 Å². The van der Waals surface area contributed by atoms with Crippen molar-refractivity contribution >= 4 is 22.7 Å². The average molecular weight is 414 g/mol. The Kier molecular flexibility index (Phi) is 4.43. The molecule has 3 heterocycles. The maximum atomic E-state index is 13.9. The fourth-order valence-electron chi connectivity index (χ4n) is 4.03. The van der Waals surface area contributed by atoms with Gasteiger partial charge in [-0.2, -0.15) is 0 Å². The molecule has 5 nitrogen and oxygen atoms in total. The van der Waals surface area contributed by atoms with E-state index in [1.165, 1.54) is 17.0 Å². The number of benzene rings is 2. The largest absolute Gasteiger partial charge is 0.450 e. The Labute approximate surface area is 177 Å². The van der Waals surface area contributed by atoms with E-state index in [1.54, 1.807) is 12.3 Å². The van der Waals surface area contributed by atoms with Crippen LogP contribution in [0.2, 0.25) is 0 Å². The highest BCUT2D eigenvalue weighted by atomic mass is 19.1. The molecule has 6 heteroatoms. The molecular formula is C25H19FN2O3. The number of hydrogen-bond acceptors (Lipinski definition) is 4. The second kappa shape index (κ2) is 7.16. The molecule has 0 N–H and O–H groups in total. The number of halogens is 1. The van der Waals surface area contributed by atoms with Crippen molar-refractivity contribution in [1.82, 2.24) is 4.98 Å². The van der Waals surface area contributed by atoms with Gasteiger partial charge >= 0.3 is 0 Å². The van der Waals surface area contributed by atoms with Crippen molar-refractivity contribution in [2.24, 2.45) is 0 Å². The van der Waals surface area contributed by atoms with E-state index < -0.39 is 23.2 Å². The molecule has 4 aromatic rings. The Balaban J connectivity index is 1.79. The molecule has 0 saturated heterocycles. The van der Waals surface area contributed by atoms with Crippen LogP contribution in [0.5, 0.6) is 0 Å². The lowest BCUT2D eigenvalue weighted by atomic mass is 9.97. The number of pyridine rings is 1. The van der Waals surface area contributed by atoms with Gasteiger partial charge in [0.15, 0.2) is 5.43 Å². The third-order valence-corrected chi connectivity index (χ3v) is 5.68. The van der Waals surface area contributed by atoms with E-state index in [0.29, 0.717) is 5.82 Å². The van der Waals surface area contributed by atoms with Crippen LogP contribution in [0.4, 0.5) is 10.2 Å². The van der Waals surface area contributed by atoms with Crippen LogP contribution in [-0.4, -0.2) is 10.9 Å². The molecule has 2 aromatic heterocycles. The molecule has 0 spiro atoms. The van der Waals surface area contributed by atoms with Gasteiger partial charge in [-0.1, -0.05) is 37.3 Å². The summed E-state index contributed by atoms with van der Waals surface area (Å²) in [4.78, 5) is 32.8. The highest BCUT2D eigenvalue weighted by molar-refractivity contribution is 6.10. The number of carbonyl (C=O) groups excluding carboxylic acids is 1. The fourth-order valence-corrected chi connectivity index (χ4v) is 4.03. The van der Waals surface area contributed by atoms with Gasteiger partial charge in [0, 0.05) is 6.20 Å². The van der Waals surface area contributed by atoms with E-state index in [9.17, 15) is 14.0 Å². The van der Waals surface area contributed by atoms with Gasteiger partial charge in [-0.15, -0.1) is 0 Å². The molecule has 5 rings (SSSR count). The van der Waals surface area contributed by atoms with Crippen LogP contribution in [0.25, 0.3) is 11.0 Å². The smallest absolute Gasteiger partial charge is 0.296 e. The molecule has 0 bridgehead atoms. The molecular weight excluding hydrogens is 395 g/mol. The number of nitrogens with zero attached hydrogens (tertiary/aromatic N) is 2. The molecule has 154 valence electrons. The Morgan fingerprint density at radius 3 is 2.52 bits per heavy atom. The van der Waals surface area contributed by atoms with Crippen LogP contribution < -0.4 is 10.3 Å². The Morgan fingerprint density at radius 1 is 1.06 bits per heavy atom.